The Morgan fingerprint density at radius 1 is 1.24 bits per heavy atom. The lowest BCUT2D eigenvalue weighted by Gasteiger charge is -2.42. The van der Waals surface area contributed by atoms with Gasteiger partial charge in [0.05, 0.1) is 11.5 Å². The Balaban J connectivity index is 2.07. The molecule has 0 saturated heterocycles. The molecule has 0 amide bonds. The lowest BCUT2D eigenvalue weighted by molar-refractivity contribution is -0.134. The standard InChI is InChI=1S/C15H22O2/c1-7-8-6-9-13(3)11(16)10(14(8,4)17)12(7,2)15(9,13)5/h7-10,17H,6H2,1-5H3/t7-,8-,9+,10-,12-,13+,14?,15-/m0/s1. The minimum Gasteiger partial charge on any atom is -0.389 e. The van der Waals surface area contributed by atoms with Gasteiger partial charge in [0.25, 0.3) is 0 Å². The summed E-state index contributed by atoms with van der Waals surface area (Å²) in [5.74, 6) is 1.56. The van der Waals surface area contributed by atoms with Crippen molar-refractivity contribution in [1.82, 2.24) is 0 Å². The average molecular weight is 234 g/mol. The number of Topliss-reactive ketones (excluding diaryl/α,β-unsaturated/α-hetero) is 1. The molecule has 0 aromatic rings. The molecule has 4 aliphatic rings. The molecule has 4 fully saturated rings. The van der Waals surface area contributed by atoms with Crippen LogP contribution < -0.4 is 0 Å². The van der Waals surface area contributed by atoms with Crippen LogP contribution in [0.15, 0.2) is 0 Å². The first-order chi connectivity index (χ1) is 7.66. The first-order valence-corrected chi connectivity index (χ1v) is 6.93. The topological polar surface area (TPSA) is 37.3 Å². The Kier molecular flexibility index (Phi) is 1.32. The first kappa shape index (κ1) is 10.5. The normalized spacial score (nSPS) is 75.3. The lowest BCUT2D eigenvalue weighted by atomic mass is 9.61. The Hall–Kier alpha value is -0.370. The van der Waals surface area contributed by atoms with Crippen molar-refractivity contribution in [3.63, 3.8) is 0 Å². The summed E-state index contributed by atoms with van der Waals surface area (Å²) in [6.07, 6.45) is 1.05. The number of rotatable bonds is 0. The quantitative estimate of drug-likeness (QED) is 0.698. The van der Waals surface area contributed by atoms with Gasteiger partial charge in [0.15, 0.2) is 0 Å². The second-order valence-electron chi connectivity index (χ2n) is 7.89. The van der Waals surface area contributed by atoms with Gasteiger partial charge in [-0.1, -0.05) is 27.7 Å². The zero-order chi connectivity index (χ0) is 12.6. The highest BCUT2D eigenvalue weighted by atomic mass is 16.3. The van der Waals surface area contributed by atoms with Crippen molar-refractivity contribution in [2.75, 3.05) is 0 Å². The van der Waals surface area contributed by atoms with Crippen LogP contribution in [0.1, 0.15) is 41.0 Å². The molecule has 2 nitrogen and oxygen atoms in total. The summed E-state index contributed by atoms with van der Waals surface area (Å²) in [4.78, 5) is 12.8. The van der Waals surface area contributed by atoms with E-state index in [9.17, 15) is 9.90 Å². The van der Waals surface area contributed by atoms with Crippen LogP contribution >= 0.6 is 0 Å². The van der Waals surface area contributed by atoms with Crippen LogP contribution in [-0.2, 0) is 4.79 Å². The van der Waals surface area contributed by atoms with E-state index >= 15 is 0 Å². The molecule has 8 atom stereocenters. The van der Waals surface area contributed by atoms with Gasteiger partial charge < -0.3 is 5.11 Å². The first-order valence-electron chi connectivity index (χ1n) is 6.93. The highest BCUT2D eigenvalue weighted by Crippen LogP contribution is 2.93. The van der Waals surface area contributed by atoms with Crippen molar-refractivity contribution in [3.05, 3.63) is 0 Å². The molecule has 0 aromatic heterocycles. The van der Waals surface area contributed by atoms with Gasteiger partial charge in [-0.2, -0.15) is 0 Å². The highest BCUT2D eigenvalue weighted by molar-refractivity contribution is 5.98. The molecule has 1 unspecified atom stereocenters. The number of fused-ring (bicyclic) bond motifs is 2. The summed E-state index contributed by atoms with van der Waals surface area (Å²) in [6, 6.07) is 0. The van der Waals surface area contributed by atoms with Crippen molar-refractivity contribution < 1.29 is 9.90 Å². The van der Waals surface area contributed by atoms with Crippen molar-refractivity contribution in [3.8, 4) is 0 Å². The molecule has 4 aliphatic carbocycles. The molecular formula is C15H22O2. The molecule has 2 bridgehead atoms. The fraction of sp³-hybridized carbons (Fsp3) is 0.933. The number of hydrogen-bond donors (Lipinski definition) is 1. The van der Waals surface area contributed by atoms with E-state index < -0.39 is 5.60 Å². The van der Waals surface area contributed by atoms with Gasteiger partial charge in [-0.25, -0.2) is 0 Å². The van der Waals surface area contributed by atoms with Crippen LogP contribution in [0.2, 0.25) is 0 Å². The molecule has 4 rings (SSSR count). The molecule has 0 aliphatic heterocycles. The molecule has 0 heterocycles. The van der Waals surface area contributed by atoms with Crippen LogP contribution in [0.5, 0.6) is 0 Å². The smallest absolute Gasteiger partial charge is 0.146 e. The second-order valence-corrected chi connectivity index (χ2v) is 7.89. The van der Waals surface area contributed by atoms with Crippen LogP contribution in [-0.4, -0.2) is 16.5 Å². The third-order valence-electron chi connectivity index (χ3n) is 8.26. The zero-order valence-corrected chi connectivity index (χ0v) is 11.4. The molecule has 4 saturated carbocycles. The number of carbonyl (C=O) groups is 1. The fourth-order valence-electron chi connectivity index (χ4n) is 7.06. The molecule has 2 heteroatoms. The maximum absolute atomic E-state index is 12.8. The third-order valence-corrected chi connectivity index (χ3v) is 8.26. The van der Waals surface area contributed by atoms with Gasteiger partial charge in [-0.15, -0.1) is 0 Å². The Morgan fingerprint density at radius 3 is 2.41 bits per heavy atom. The van der Waals surface area contributed by atoms with Crippen molar-refractivity contribution >= 4 is 5.78 Å². The van der Waals surface area contributed by atoms with E-state index in [1.54, 1.807) is 0 Å². The van der Waals surface area contributed by atoms with Gasteiger partial charge in [0.1, 0.15) is 5.78 Å². The number of ketones is 1. The van der Waals surface area contributed by atoms with Gasteiger partial charge in [0.2, 0.25) is 0 Å². The van der Waals surface area contributed by atoms with E-state index in [0.717, 1.165) is 6.42 Å². The SMILES string of the molecule is C[C@H]1[C@@H]2C[C@H]3[C@@]4(C)[C@]1(C)[C@H](C(=O)[C@@]34C)C2(C)O. The molecule has 17 heavy (non-hydrogen) atoms. The van der Waals surface area contributed by atoms with Gasteiger partial charge in [0, 0.05) is 5.41 Å². The van der Waals surface area contributed by atoms with Crippen molar-refractivity contribution in [2.45, 2.75) is 46.6 Å². The molecular weight excluding hydrogens is 212 g/mol. The van der Waals surface area contributed by atoms with Crippen LogP contribution in [0.25, 0.3) is 0 Å². The van der Waals surface area contributed by atoms with Crippen molar-refractivity contribution in [1.29, 1.82) is 0 Å². The minimum atomic E-state index is -0.768. The Morgan fingerprint density at radius 2 is 1.82 bits per heavy atom. The fourth-order valence-corrected chi connectivity index (χ4v) is 7.06. The minimum absolute atomic E-state index is 0.0237. The number of aliphatic hydroxyl groups is 1. The van der Waals surface area contributed by atoms with E-state index in [4.69, 9.17) is 0 Å². The van der Waals surface area contributed by atoms with E-state index in [1.165, 1.54) is 0 Å². The predicted octanol–water partition coefficient (Wildman–Crippen LogP) is 2.25. The summed E-state index contributed by atoms with van der Waals surface area (Å²) in [5.41, 5.74) is -0.723. The molecule has 0 spiro atoms. The lowest BCUT2D eigenvalue weighted by Crippen LogP contribution is -2.42. The number of hydrogen-bond acceptors (Lipinski definition) is 2. The van der Waals surface area contributed by atoms with Gasteiger partial charge in [-0.05, 0) is 41.9 Å². The maximum atomic E-state index is 12.8. The highest BCUT2D eigenvalue weighted by Gasteiger charge is 2.94. The molecule has 1 N–H and O–H groups in total. The van der Waals surface area contributed by atoms with Gasteiger partial charge >= 0.3 is 0 Å². The molecule has 94 valence electrons. The molecule has 0 radical (unpaired) electrons. The van der Waals surface area contributed by atoms with E-state index in [1.807, 2.05) is 6.92 Å². The Labute approximate surface area is 103 Å². The van der Waals surface area contributed by atoms with E-state index in [-0.39, 0.29) is 22.2 Å². The summed E-state index contributed by atoms with van der Waals surface area (Å²) in [7, 11) is 0. The summed E-state index contributed by atoms with van der Waals surface area (Å²) < 4.78 is 0. The molecule has 0 aromatic carbocycles. The summed E-state index contributed by atoms with van der Waals surface area (Å²) in [5, 5.41) is 10.9. The maximum Gasteiger partial charge on any atom is 0.146 e. The van der Waals surface area contributed by atoms with Gasteiger partial charge in [-0.3, -0.25) is 4.79 Å². The van der Waals surface area contributed by atoms with E-state index in [2.05, 4.69) is 27.7 Å². The summed E-state index contributed by atoms with van der Waals surface area (Å²) >= 11 is 0. The van der Waals surface area contributed by atoms with Crippen LogP contribution in [0, 0.1) is 39.9 Å². The van der Waals surface area contributed by atoms with Crippen LogP contribution in [0.3, 0.4) is 0 Å². The predicted molar refractivity (Wildman–Crippen MR) is 64.2 cm³/mol. The monoisotopic (exact) mass is 234 g/mol. The largest absolute Gasteiger partial charge is 0.389 e. The van der Waals surface area contributed by atoms with Crippen molar-refractivity contribution in [2.24, 2.45) is 39.9 Å². The van der Waals surface area contributed by atoms with Crippen LogP contribution in [0.4, 0.5) is 0 Å². The average Bonchev–Trinajstić information content (AvgIpc) is 2.65. The zero-order valence-electron chi connectivity index (χ0n) is 11.4. The summed E-state index contributed by atoms with van der Waals surface area (Å²) in [6.45, 7) is 10.9. The third kappa shape index (κ3) is 0.599. The number of carbonyl (C=O) groups excluding carboxylic acids is 1. The van der Waals surface area contributed by atoms with E-state index in [0.29, 0.717) is 23.5 Å². The second kappa shape index (κ2) is 2.13. The Bertz CT molecular complexity index is 468.